The van der Waals surface area contributed by atoms with Gasteiger partial charge in [0, 0.05) is 13.1 Å². The molecule has 1 N–H and O–H groups in total. The second kappa shape index (κ2) is 7.68. The summed E-state index contributed by atoms with van der Waals surface area (Å²) in [6, 6.07) is 6.49. The average Bonchev–Trinajstić information content (AvgIpc) is 2.54. The number of carbonyl (C=O) groups excluding carboxylic acids is 2. The van der Waals surface area contributed by atoms with Gasteiger partial charge in [-0.3, -0.25) is 9.59 Å². The van der Waals surface area contributed by atoms with E-state index in [4.69, 9.17) is 9.47 Å². The number of nitrogens with zero attached hydrogens (tertiary/aromatic N) is 1. The molecule has 1 atom stereocenters. The lowest BCUT2D eigenvalue weighted by molar-refractivity contribution is -0.151. The molecule has 1 aromatic rings. The van der Waals surface area contributed by atoms with Gasteiger partial charge >= 0.3 is 5.97 Å². The molecule has 120 valence electrons. The van der Waals surface area contributed by atoms with E-state index in [0.29, 0.717) is 19.7 Å². The Hall–Kier alpha value is -2.24. The number of rotatable bonds is 5. The smallest absolute Gasteiger partial charge is 0.310 e. The Bertz CT molecular complexity index is 531. The predicted octanol–water partition coefficient (Wildman–Crippen LogP) is 1.57. The van der Waals surface area contributed by atoms with E-state index >= 15 is 0 Å². The molecule has 0 radical (unpaired) electrons. The lowest BCUT2D eigenvalue weighted by atomic mass is 9.98. The Balaban J connectivity index is 1.87. The highest BCUT2D eigenvalue weighted by atomic mass is 16.5. The molecule has 1 amide bonds. The van der Waals surface area contributed by atoms with Crippen molar-refractivity contribution in [3.8, 4) is 11.5 Å². The van der Waals surface area contributed by atoms with Crippen LogP contribution in [0.2, 0.25) is 0 Å². The van der Waals surface area contributed by atoms with Crippen LogP contribution in [0.25, 0.3) is 0 Å². The monoisotopic (exact) mass is 307 g/mol. The molecule has 1 fully saturated rings. The third-order valence-electron chi connectivity index (χ3n) is 3.61. The molecule has 0 aliphatic carbocycles. The summed E-state index contributed by atoms with van der Waals surface area (Å²) in [5.74, 6) is -0.435. The molecular formula is C16H21NO5. The van der Waals surface area contributed by atoms with Gasteiger partial charge in [-0.25, -0.2) is 0 Å². The van der Waals surface area contributed by atoms with Crippen molar-refractivity contribution >= 4 is 11.9 Å². The number of phenolic OH excluding ortho intramolecular Hbond substituents is 1. The Morgan fingerprint density at radius 2 is 2.14 bits per heavy atom. The lowest BCUT2D eigenvalue weighted by Crippen LogP contribution is -2.44. The van der Waals surface area contributed by atoms with Crippen LogP contribution in [0.15, 0.2) is 24.3 Å². The minimum absolute atomic E-state index is 0.00153. The van der Waals surface area contributed by atoms with Crippen LogP contribution in [-0.2, 0) is 14.3 Å². The first kappa shape index (κ1) is 16.1. The van der Waals surface area contributed by atoms with E-state index in [0.717, 1.165) is 12.8 Å². The molecule has 0 bridgehead atoms. The van der Waals surface area contributed by atoms with Gasteiger partial charge < -0.3 is 19.5 Å². The number of hydrogen-bond donors (Lipinski definition) is 1. The quantitative estimate of drug-likeness (QED) is 0.836. The first-order valence-corrected chi connectivity index (χ1v) is 7.47. The van der Waals surface area contributed by atoms with Gasteiger partial charge in [0.15, 0.2) is 18.1 Å². The molecule has 0 aromatic heterocycles. The molecule has 0 spiro atoms. The Morgan fingerprint density at radius 3 is 2.86 bits per heavy atom. The second-order valence-corrected chi connectivity index (χ2v) is 5.19. The van der Waals surface area contributed by atoms with Gasteiger partial charge in [0.05, 0.1) is 12.5 Å². The van der Waals surface area contributed by atoms with E-state index in [2.05, 4.69) is 0 Å². The zero-order valence-corrected chi connectivity index (χ0v) is 12.7. The van der Waals surface area contributed by atoms with Crippen LogP contribution in [0.3, 0.4) is 0 Å². The third kappa shape index (κ3) is 4.13. The first-order valence-electron chi connectivity index (χ1n) is 7.47. The normalized spacial score (nSPS) is 17.9. The number of esters is 1. The predicted molar refractivity (Wildman–Crippen MR) is 79.5 cm³/mol. The van der Waals surface area contributed by atoms with Gasteiger partial charge in [-0.2, -0.15) is 0 Å². The van der Waals surface area contributed by atoms with Crippen LogP contribution in [-0.4, -0.2) is 48.2 Å². The van der Waals surface area contributed by atoms with Crippen molar-refractivity contribution < 1.29 is 24.2 Å². The molecule has 1 aliphatic heterocycles. The van der Waals surface area contributed by atoms with E-state index in [-0.39, 0.29) is 35.9 Å². The fourth-order valence-electron chi connectivity index (χ4n) is 2.47. The van der Waals surface area contributed by atoms with Crippen LogP contribution in [0, 0.1) is 5.92 Å². The molecule has 1 aliphatic rings. The summed E-state index contributed by atoms with van der Waals surface area (Å²) in [7, 11) is 0. The van der Waals surface area contributed by atoms with Crippen LogP contribution in [0.1, 0.15) is 19.8 Å². The second-order valence-electron chi connectivity index (χ2n) is 5.19. The molecule has 0 unspecified atom stereocenters. The summed E-state index contributed by atoms with van der Waals surface area (Å²) >= 11 is 0. The molecule has 6 heteroatoms. The summed E-state index contributed by atoms with van der Waals surface area (Å²) in [5, 5.41) is 9.60. The largest absolute Gasteiger partial charge is 0.504 e. The highest BCUT2D eigenvalue weighted by Crippen LogP contribution is 2.24. The number of hydrogen-bond acceptors (Lipinski definition) is 5. The van der Waals surface area contributed by atoms with Crippen LogP contribution in [0.5, 0.6) is 11.5 Å². The standard InChI is InChI=1S/C16H21NO5/c1-2-21-16(20)12-6-5-9-17(10-12)15(19)11-22-14-8-4-3-7-13(14)18/h3-4,7-8,12,18H,2,5-6,9-11H2,1H3/t12-/m1/s1. The molecule has 0 saturated carbocycles. The number of likely N-dealkylation sites (tertiary alicyclic amines) is 1. The molecule has 2 rings (SSSR count). The van der Waals surface area contributed by atoms with Gasteiger partial charge in [-0.1, -0.05) is 12.1 Å². The van der Waals surface area contributed by atoms with E-state index in [1.54, 1.807) is 30.0 Å². The Labute approximate surface area is 129 Å². The van der Waals surface area contributed by atoms with E-state index in [9.17, 15) is 14.7 Å². The number of aromatic hydroxyl groups is 1. The van der Waals surface area contributed by atoms with Crippen molar-refractivity contribution in [2.24, 2.45) is 5.92 Å². The fraction of sp³-hybridized carbons (Fsp3) is 0.500. The van der Waals surface area contributed by atoms with Crippen molar-refractivity contribution in [1.82, 2.24) is 4.90 Å². The van der Waals surface area contributed by atoms with Gasteiger partial charge in [-0.15, -0.1) is 0 Å². The summed E-state index contributed by atoms with van der Waals surface area (Å²) in [4.78, 5) is 25.6. The molecule has 1 saturated heterocycles. The highest BCUT2D eigenvalue weighted by molar-refractivity contribution is 5.79. The number of benzene rings is 1. The van der Waals surface area contributed by atoms with Gasteiger partial charge in [0.2, 0.25) is 0 Å². The van der Waals surface area contributed by atoms with Crippen molar-refractivity contribution in [2.45, 2.75) is 19.8 Å². The summed E-state index contributed by atoms with van der Waals surface area (Å²) in [6.07, 6.45) is 1.51. The lowest BCUT2D eigenvalue weighted by Gasteiger charge is -2.31. The number of para-hydroxylation sites is 2. The highest BCUT2D eigenvalue weighted by Gasteiger charge is 2.29. The fourth-order valence-corrected chi connectivity index (χ4v) is 2.47. The average molecular weight is 307 g/mol. The number of piperidine rings is 1. The third-order valence-corrected chi connectivity index (χ3v) is 3.61. The molecular weight excluding hydrogens is 286 g/mol. The summed E-state index contributed by atoms with van der Waals surface area (Å²) in [6.45, 7) is 2.93. The summed E-state index contributed by atoms with van der Waals surface area (Å²) in [5.41, 5.74) is 0. The maximum atomic E-state index is 12.2. The molecule has 22 heavy (non-hydrogen) atoms. The molecule has 1 heterocycles. The zero-order valence-electron chi connectivity index (χ0n) is 12.7. The maximum Gasteiger partial charge on any atom is 0.310 e. The van der Waals surface area contributed by atoms with E-state index in [1.165, 1.54) is 6.07 Å². The first-order chi connectivity index (χ1) is 10.6. The molecule has 6 nitrogen and oxygen atoms in total. The molecule has 1 aromatic carbocycles. The number of amides is 1. The SMILES string of the molecule is CCOC(=O)[C@@H]1CCCN(C(=O)COc2ccccc2O)C1. The van der Waals surface area contributed by atoms with E-state index < -0.39 is 0 Å². The van der Waals surface area contributed by atoms with Crippen LogP contribution in [0.4, 0.5) is 0 Å². The zero-order chi connectivity index (χ0) is 15.9. The van der Waals surface area contributed by atoms with Crippen molar-refractivity contribution in [3.05, 3.63) is 24.3 Å². The number of phenols is 1. The maximum absolute atomic E-state index is 12.2. The van der Waals surface area contributed by atoms with Crippen LogP contribution >= 0.6 is 0 Å². The number of ether oxygens (including phenoxy) is 2. The minimum atomic E-state index is -0.261. The van der Waals surface area contributed by atoms with Gasteiger partial charge in [0.25, 0.3) is 5.91 Å². The van der Waals surface area contributed by atoms with Crippen LogP contribution < -0.4 is 4.74 Å². The Kier molecular flexibility index (Phi) is 5.63. The van der Waals surface area contributed by atoms with Crippen molar-refractivity contribution in [1.29, 1.82) is 0 Å². The summed E-state index contributed by atoms with van der Waals surface area (Å²) < 4.78 is 10.4. The van der Waals surface area contributed by atoms with E-state index in [1.807, 2.05) is 0 Å². The minimum Gasteiger partial charge on any atom is -0.504 e. The Morgan fingerprint density at radius 1 is 1.36 bits per heavy atom. The van der Waals surface area contributed by atoms with Crippen molar-refractivity contribution in [3.63, 3.8) is 0 Å². The number of carbonyl (C=O) groups is 2. The van der Waals surface area contributed by atoms with Crippen molar-refractivity contribution in [2.75, 3.05) is 26.3 Å². The van der Waals surface area contributed by atoms with Gasteiger partial charge in [0.1, 0.15) is 0 Å². The van der Waals surface area contributed by atoms with Gasteiger partial charge in [-0.05, 0) is 31.9 Å². The topological polar surface area (TPSA) is 76.1 Å².